The molecular weight excluding hydrogens is 157 g/mol. The van der Waals surface area contributed by atoms with Crippen molar-refractivity contribution in [2.24, 2.45) is 5.92 Å². The number of ether oxygens (including phenoxy) is 1. The molecule has 1 N–H and O–H groups in total. The quantitative estimate of drug-likeness (QED) is 0.651. The van der Waals surface area contributed by atoms with E-state index in [1.807, 2.05) is 0 Å². The normalized spacial score (nSPS) is 30.5. The van der Waals surface area contributed by atoms with Gasteiger partial charge in [0.1, 0.15) is 0 Å². The van der Waals surface area contributed by atoms with E-state index in [4.69, 9.17) is 4.74 Å². The van der Waals surface area contributed by atoms with Crippen molar-refractivity contribution in [1.82, 2.24) is 5.32 Å². The van der Waals surface area contributed by atoms with Crippen molar-refractivity contribution >= 4 is 0 Å². The van der Waals surface area contributed by atoms with Gasteiger partial charge in [0.15, 0.2) is 0 Å². The van der Waals surface area contributed by atoms with Crippen LogP contribution in [-0.4, -0.2) is 32.5 Å². The van der Waals surface area contributed by atoms with E-state index in [1.165, 1.54) is 6.42 Å². The molecule has 1 aliphatic heterocycles. The van der Waals surface area contributed by atoms with Gasteiger partial charge in [0.05, 0.1) is 12.8 Å². The first-order valence-corrected chi connectivity index (χ1v) is 4.73. The molecule has 0 bridgehead atoms. The third kappa shape index (κ3) is 3.07. The second kappa shape index (κ2) is 5.49. The molecule has 1 rings (SSSR count). The monoisotopic (exact) mass is 175 g/mol. The van der Waals surface area contributed by atoms with Gasteiger partial charge in [0.2, 0.25) is 0 Å². The largest absolute Gasteiger partial charge is 0.377 e. The summed E-state index contributed by atoms with van der Waals surface area (Å²) in [5, 5.41) is 3.27. The first-order chi connectivity index (χ1) is 5.84. The molecule has 1 aliphatic rings. The summed E-state index contributed by atoms with van der Waals surface area (Å²) in [5.41, 5.74) is 0. The molecule has 1 heterocycles. The maximum Gasteiger partial charge on any atom is 0.0916 e. The Balaban J connectivity index is 2.11. The molecule has 0 radical (unpaired) electrons. The lowest BCUT2D eigenvalue weighted by Crippen LogP contribution is -2.41. The standard InChI is InChI=1S/C9H18FNO/c1-8-3-5-11-7-9(8)12-6-2-4-10/h8-9,11H,2-7H2,1H3. The van der Waals surface area contributed by atoms with Crippen molar-refractivity contribution in [3.05, 3.63) is 0 Å². The number of alkyl halides is 1. The lowest BCUT2D eigenvalue weighted by Gasteiger charge is -2.29. The van der Waals surface area contributed by atoms with Gasteiger partial charge in [-0.2, -0.15) is 0 Å². The summed E-state index contributed by atoms with van der Waals surface area (Å²) in [5.74, 6) is 0.617. The maximum absolute atomic E-state index is 11.7. The molecule has 1 fully saturated rings. The Morgan fingerprint density at radius 2 is 2.42 bits per heavy atom. The first kappa shape index (κ1) is 9.93. The van der Waals surface area contributed by atoms with Crippen molar-refractivity contribution < 1.29 is 9.13 Å². The Bertz CT molecular complexity index is 121. The summed E-state index contributed by atoms with van der Waals surface area (Å²) >= 11 is 0. The minimum atomic E-state index is -0.269. The van der Waals surface area contributed by atoms with E-state index >= 15 is 0 Å². The van der Waals surface area contributed by atoms with Gasteiger partial charge in [0, 0.05) is 13.2 Å². The predicted octanol–water partition coefficient (Wildman–Crippen LogP) is 1.36. The molecule has 0 saturated carbocycles. The van der Waals surface area contributed by atoms with E-state index in [0.29, 0.717) is 25.0 Å². The average molecular weight is 175 g/mol. The fourth-order valence-corrected chi connectivity index (χ4v) is 1.47. The molecule has 0 aromatic carbocycles. The van der Waals surface area contributed by atoms with E-state index in [9.17, 15) is 4.39 Å². The van der Waals surface area contributed by atoms with Crippen LogP contribution in [0.3, 0.4) is 0 Å². The van der Waals surface area contributed by atoms with E-state index in [-0.39, 0.29) is 6.67 Å². The van der Waals surface area contributed by atoms with Gasteiger partial charge in [0.25, 0.3) is 0 Å². The highest BCUT2D eigenvalue weighted by atomic mass is 19.1. The van der Waals surface area contributed by atoms with Crippen LogP contribution in [0.25, 0.3) is 0 Å². The molecule has 72 valence electrons. The molecule has 0 aliphatic carbocycles. The lowest BCUT2D eigenvalue weighted by atomic mass is 9.97. The van der Waals surface area contributed by atoms with Crippen LogP contribution in [0.2, 0.25) is 0 Å². The van der Waals surface area contributed by atoms with Crippen LogP contribution >= 0.6 is 0 Å². The molecule has 2 atom stereocenters. The number of halogens is 1. The molecule has 0 spiro atoms. The molecule has 0 aromatic rings. The Kier molecular flexibility index (Phi) is 4.54. The van der Waals surface area contributed by atoms with Gasteiger partial charge in [-0.1, -0.05) is 6.92 Å². The minimum absolute atomic E-state index is 0.269. The second-order valence-corrected chi connectivity index (χ2v) is 3.42. The van der Waals surface area contributed by atoms with Gasteiger partial charge in [-0.05, 0) is 25.3 Å². The zero-order chi connectivity index (χ0) is 8.81. The third-order valence-electron chi connectivity index (χ3n) is 2.37. The predicted molar refractivity (Wildman–Crippen MR) is 47.0 cm³/mol. The molecule has 0 aromatic heterocycles. The zero-order valence-electron chi connectivity index (χ0n) is 7.68. The molecule has 3 heteroatoms. The SMILES string of the molecule is CC1CCNCC1OCCCF. The lowest BCUT2D eigenvalue weighted by molar-refractivity contribution is 0.00139. The Hall–Kier alpha value is -0.150. The smallest absolute Gasteiger partial charge is 0.0916 e. The van der Waals surface area contributed by atoms with Crippen LogP contribution in [0.15, 0.2) is 0 Å². The number of hydrogen-bond donors (Lipinski definition) is 1. The Morgan fingerprint density at radius 3 is 3.08 bits per heavy atom. The van der Waals surface area contributed by atoms with Crippen LogP contribution in [-0.2, 0) is 4.74 Å². The van der Waals surface area contributed by atoms with Crippen LogP contribution in [0.5, 0.6) is 0 Å². The van der Waals surface area contributed by atoms with Crippen molar-refractivity contribution in [1.29, 1.82) is 0 Å². The van der Waals surface area contributed by atoms with Gasteiger partial charge in [-0.15, -0.1) is 0 Å². The van der Waals surface area contributed by atoms with Gasteiger partial charge >= 0.3 is 0 Å². The molecular formula is C9H18FNO. The summed E-state index contributed by atoms with van der Waals surface area (Å²) in [6.07, 6.45) is 1.99. The highest BCUT2D eigenvalue weighted by Crippen LogP contribution is 2.14. The van der Waals surface area contributed by atoms with E-state index < -0.39 is 0 Å². The highest BCUT2D eigenvalue weighted by Gasteiger charge is 2.20. The summed E-state index contributed by atoms with van der Waals surface area (Å²) in [7, 11) is 0. The van der Waals surface area contributed by atoms with Crippen LogP contribution < -0.4 is 5.32 Å². The molecule has 2 nitrogen and oxygen atoms in total. The molecule has 2 unspecified atom stereocenters. The fraction of sp³-hybridized carbons (Fsp3) is 1.00. The van der Waals surface area contributed by atoms with E-state index in [0.717, 1.165) is 13.1 Å². The number of hydrogen-bond acceptors (Lipinski definition) is 2. The summed E-state index contributed by atoms with van der Waals surface area (Å²) in [6.45, 7) is 4.50. The molecule has 0 amide bonds. The van der Waals surface area contributed by atoms with Gasteiger partial charge in [-0.3, -0.25) is 4.39 Å². The first-order valence-electron chi connectivity index (χ1n) is 4.73. The number of nitrogens with one attached hydrogen (secondary N) is 1. The second-order valence-electron chi connectivity index (χ2n) is 3.42. The van der Waals surface area contributed by atoms with Crippen LogP contribution in [0.4, 0.5) is 4.39 Å². The third-order valence-corrected chi connectivity index (χ3v) is 2.37. The number of piperidine rings is 1. The molecule has 1 saturated heterocycles. The van der Waals surface area contributed by atoms with Crippen molar-refractivity contribution in [3.63, 3.8) is 0 Å². The Morgan fingerprint density at radius 1 is 1.58 bits per heavy atom. The van der Waals surface area contributed by atoms with E-state index in [2.05, 4.69) is 12.2 Å². The average Bonchev–Trinajstić information content (AvgIpc) is 2.09. The van der Waals surface area contributed by atoms with Crippen molar-refractivity contribution in [3.8, 4) is 0 Å². The van der Waals surface area contributed by atoms with Crippen molar-refractivity contribution in [2.45, 2.75) is 25.9 Å². The Labute approximate surface area is 73.5 Å². The summed E-state index contributed by atoms with van der Waals surface area (Å²) in [4.78, 5) is 0. The topological polar surface area (TPSA) is 21.3 Å². The summed E-state index contributed by atoms with van der Waals surface area (Å²) in [6, 6.07) is 0. The maximum atomic E-state index is 11.7. The van der Waals surface area contributed by atoms with Crippen molar-refractivity contribution in [2.75, 3.05) is 26.4 Å². The minimum Gasteiger partial charge on any atom is -0.377 e. The van der Waals surface area contributed by atoms with Crippen LogP contribution in [0.1, 0.15) is 19.8 Å². The highest BCUT2D eigenvalue weighted by molar-refractivity contribution is 4.75. The zero-order valence-corrected chi connectivity index (χ0v) is 7.68. The van der Waals surface area contributed by atoms with Gasteiger partial charge < -0.3 is 10.1 Å². The molecule has 12 heavy (non-hydrogen) atoms. The summed E-state index contributed by atoms with van der Waals surface area (Å²) < 4.78 is 17.3. The fourth-order valence-electron chi connectivity index (χ4n) is 1.47. The van der Waals surface area contributed by atoms with Gasteiger partial charge in [-0.25, -0.2) is 0 Å². The number of rotatable bonds is 4. The van der Waals surface area contributed by atoms with E-state index in [1.54, 1.807) is 0 Å². The van der Waals surface area contributed by atoms with Crippen LogP contribution in [0, 0.1) is 5.92 Å².